The van der Waals surface area contributed by atoms with Crippen molar-refractivity contribution in [2.24, 2.45) is 46.6 Å². The highest BCUT2D eigenvalue weighted by Crippen LogP contribution is 2.26. The van der Waals surface area contributed by atoms with Gasteiger partial charge in [-0.3, -0.25) is 67.1 Å². The van der Waals surface area contributed by atoms with Crippen molar-refractivity contribution < 1.29 is 117 Å². The Morgan fingerprint density at radius 1 is 0.712 bits per heavy atom. The summed E-state index contributed by atoms with van der Waals surface area (Å²) in [5.74, 6) is -20.6. The zero-order chi connectivity index (χ0) is 79.5. The highest BCUT2D eigenvalue weighted by Gasteiger charge is 2.46. The molecular formula is C65H105N15O24. The SMILES string of the molecule is COOCC1NC(=O)[C@@H](NC(=O)[C@@H](NC(=O)[C@@H](NC(=O)[C@@H](NC(=O)[C@@H](NC(=O)CC(O)/C=C\C(C)CC(C)C)C(O)C(N)=O)[C@@H](C)O)[C@](C)(N)O)C(C)CC(N)=O)[C@@H](C)OC(=O)[C@H](C)N(C)C(=O)[C@H](C(OC)c2ccc(O)cc2)NC(=O)[C@H](CCC(N)=O)N(C)C(=O)[C@H](CC(C)C)NC(=O)CNC1=O. The lowest BCUT2D eigenvalue weighted by molar-refractivity contribution is -0.274. The quantitative estimate of drug-likeness (QED) is 0.0102. The number of nitrogens with zero attached hydrogens (tertiary/aromatic N) is 2. The maximum absolute atomic E-state index is 15.0. The Kier molecular flexibility index (Phi) is 36.8. The van der Waals surface area contributed by atoms with Crippen LogP contribution >= 0.6 is 0 Å². The van der Waals surface area contributed by atoms with Crippen molar-refractivity contribution in [1.29, 1.82) is 0 Å². The molecule has 1 aromatic carbocycles. The number of aliphatic hydroxyl groups excluding tert-OH is 3. The topological polar surface area (TPSA) is 613 Å². The second-order valence-electron chi connectivity index (χ2n) is 26.6. The standard InChI is InChI=1S/C65H105N15O24/c1-29(2)23-31(5)15-18-38(83)26-44(86)73-49(51(88)54(68)89)60(95)75-47(34(8)81)58(93)78-53(65(10,69)100)61(96)74-46(32(6)25-43(67)85)57(92)76-48-35(9)104-64(99)33(7)79(11)63(98)50(52(101-13)36-16-19-37(82)20-17-36)77-56(91)41(21-22-42(66)84)80(12)62(97)39(24-30(3)4)71-45(87)27-70-55(90)40(28-103-102-14)72-59(48)94/h15-20,29-35,38-41,46-53,81-83,88,100H,21-28,69H2,1-14H3,(H2,66,84)(H2,67,85)(H2,68,89)(H,70,90)(H,71,87)(H,72,94)(H,73,86)(H,74,96)(H,75,95)(H,76,92)(H,77,91)(H,78,93)/b18-15-/t31?,32?,33-,34+,35+,38?,39-,40?,41-,46-,47-,48-,49-,50-,51?,52?,53+,65+/m0/s1. The monoisotopic (exact) mass is 1480 g/mol. The number of benzene rings is 1. The minimum Gasteiger partial charge on any atom is -0.508 e. The molecule has 1 aliphatic heterocycles. The second kappa shape index (κ2) is 42.3. The summed E-state index contributed by atoms with van der Waals surface area (Å²) in [6.45, 7) is 12.5. The van der Waals surface area contributed by atoms with Gasteiger partial charge in [0.05, 0.1) is 32.3 Å². The Morgan fingerprint density at radius 3 is 1.84 bits per heavy atom. The Hall–Kier alpha value is -9.51. The van der Waals surface area contributed by atoms with E-state index in [0.717, 1.165) is 65.2 Å². The predicted octanol–water partition coefficient (Wildman–Crippen LogP) is -7.02. The minimum atomic E-state index is -2.89. The normalized spacial score (nSPS) is 22.8. The van der Waals surface area contributed by atoms with Crippen LogP contribution in [0.25, 0.3) is 0 Å². The summed E-state index contributed by atoms with van der Waals surface area (Å²) in [7, 11) is 4.45. The molecule has 0 spiro atoms. The minimum absolute atomic E-state index is 0.0155. The maximum Gasteiger partial charge on any atom is 0.328 e. The average Bonchev–Trinajstić information content (AvgIpc) is 0.820. The van der Waals surface area contributed by atoms with Crippen LogP contribution in [0.1, 0.15) is 119 Å². The van der Waals surface area contributed by atoms with Gasteiger partial charge in [-0.15, -0.1) is 0 Å². The largest absolute Gasteiger partial charge is 0.508 e. The number of esters is 1. The van der Waals surface area contributed by atoms with E-state index in [0.29, 0.717) is 5.92 Å². The van der Waals surface area contributed by atoms with Gasteiger partial charge in [0.15, 0.2) is 6.10 Å². The van der Waals surface area contributed by atoms with Gasteiger partial charge in [-0.05, 0) is 88.3 Å². The molecule has 1 heterocycles. The molecular weight excluding hydrogens is 1370 g/mol. The molecule has 39 heteroatoms. The van der Waals surface area contributed by atoms with Gasteiger partial charge >= 0.3 is 5.97 Å². The molecule has 2 rings (SSSR count). The number of ether oxygens (including phenoxy) is 2. The molecule has 0 aromatic heterocycles. The van der Waals surface area contributed by atoms with E-state index in [1.807, 2.05) is 36.7 Å². The Morgan fingerprint density at radius 2 is 1.31 bits per heavy atom. The first-order chi connectivity index (χ1) is 48.3. The molecule has 14 amide bonds. The fourth-order valence-corrected chi connectivity index (χ4v) is 10.8. The number of primary amides is 3. The highest BCUT2D eigenvalue weighted by atomic mass is 17.2. The summed E-state index contributed by atoms with van der Waals surface area (Å²) >= 11 is 0. The number of nitrogens with one attached hydrogen (secondary N) is 9. The van der Waals surface area contributed by atoms with Gasteiger partial charge in [0, 0.05) is 34.0 Å². The molecule has 22 N–H and O–H groups in total. The van der Waals surface area contributed by atoms with Crippen LogP contribution in [-0.4, -0.2) is 256 Å². The lowest BCUT2D eigenvalue weighted by Crippen LogP contribution is -2.69. The number of amides is 14. The second-order valence-corrected chi connectivity index (χ2v) is 26.6. The molecule has 104 heavy (non-hydrogen) atoms. The Balaban J connectivity index is 2.88. The van der Waals surface area contributed by atoms with Crippen molar-refractivity contribution in [3.8, 4) is 5.75 Å². The molecule has 1 aromatic rings. The number of aliphatic hydroxyl groups is 4. The first-order valence-corrected chi connectivity index (χ1v) is 33.3. The predicted molar refractivity (Wildman–Crippen MR) is 365 cm³/mol. The van der Waals surface area contributed by atoms with E-state index in [-0.39, 0.29) is 29.6 Å². The van der Waals surface area contributed by atoms with Crippen LogP contribution in [0.5, 0.6) is 5.75 Å². The third-order valence-corrected chi connectivity index (χ3v) is 16.5. The molecule has 0 aliphatic carbocycles. The number of nitrogens with two attached hydrogens (primary N) is 4. The van der Waals surface area contributed by atoms with Crippen LogP contribution in [0.3, 0.4) is 0 Å². The van der Waals surface area contributed by atoms with E-state index >= 15 is 4.79 Å². The molecule has 0 radical (unpaired) electrons. The zero-order valence-corrected chi connectivity index (χ0v) is 60.8. The molecule has 1 saturated heterocycles. The van der Waals surface area contributed by atoms with Crippen LogP contribution in [0.4, 0.5) is 0 Å². The fraction of sp³-hybridized carbons (Fsp3) is 0.646. The molecule has 6 unspecified atom stereocenters. The van der Waals surface area contributed by atoms with Gasteiger partial charge in [0.25, 0.3) is 0 Å². The smallest absolute Gasteiger partial charge is 0.328 e. The number of hydrogen-bond acceptors (Lipinski definition) is 25. The lowest BCUT2D eigenvalue weighted by Gasteiger charge is -2.36. The first-order valence-electron chi connectivity index (χ1n) is 33.3. The van der Waals surface area contributed by atoms with Crippen molar-refractivity contribution in [2.75, 3.05) is 41.5 Å². The van der Waals surface area contributed by atoms with Crippen molar-refractivity contribution >= 4 is 88.7 Å². The van der Waals surface area contributed by atoms with Crippen molar-refractivity contribution in [3.63, 3.8) is 0 Å². The van der Waals surface area contributed by atoms with E-state index < -0.39 is 230 Å². The van der Waals surface area contributed by atoms with Crippen LogP contribution in [0.2, 0.25) is 0 Å². The number of cyclic esters (lactones) is 1. The Labute approximate surface area is 601 Å². The molecule has 39 nitrogen and oxygen atoms in total. The van der Waals surface area contributed by atoms with E-state index in [1.54, 1.807) is 19.9 Å². The molecule has 0 saturated carbocycles. The number of likely N-dealkylation sites (N-methyl/N-ethyl adjacent to an activating group) is 2. The average molecular weight is 1480 g/mol. The van der Waals surface area contributed by atoms with Crippen LogP contribution in [0.15, 0.2) is 36.4 Å². The van der Waals surface area contributed by atoms with Gasteiger partial charge < -0.3 is 116 Å². The van der Waals surface area contributed by atoms with Crippen molar-refractivity contribution in [1.82, 2.24) is 57.7 Å². The number of methoxy groups -OCH3 is 1. The van der Waals surface area contributed by atoms with E-state index in [1.165, 1.54) is 44.3 Å². The number of aromatic hydroxyl groups is 1. The summed E-state index contributed by atoms with van der Waals surface area (Å²) in [6, 6.07) is -14.8. The summed E-state index contributed by atoms with van der Waals surface area (Å²) in [5.41, 5.74) is 19.6. The zero-order valence-electron chi connectivity index (χ0n) is 60.8. The Bertz CT molecular complexity index is 3200. The number of allylic oxidation sites excluding steroid dienone is 1. The molecule has 18 atom stereocenters. The van der Waals surface area contributed by atoms with Gasteiger partial charge in [-0.1, -0.05) is 65.8 Å². The first kappa shape index (κ1) is 90.6. The summed E-state index contributed by atoms with van der Waals surface area (Å²) in [4.78, 5) is 220. The molecule has 584 valence electrons. The summed E-state index contributed by atoms with van der Waals surface area (Å²) in [6.07, 6.45) is -8.16. The molecule has 1 aliphatic rings. The number of phenolic OH excluding ortho intramolecular Hbond substituents is 1. The number of carbonyl (C=O) groups excluding carboxylic acids is 15. The fourth-order valence-electron chi connectivity index (χ4n) is 10.8. The van der Waals surface area contributed by atoms with E-state index in [9.17, 15) is 92.7 Å². The summed E-state index contributed by atoms with van der Waals surface area (Å²) in [5, 5.41) is 73.7. The third kappa shape index (κ3) is 29.0. The van der Waals surface area contributed by atoms with E-state index in [4.69, 9.17) is 37.3 Å². The highest BCUT2D eigenvalue weighted by molar-refractivity contribution is 6.01. The van der Waals surface area contributed by atoms with Crippen molar-refractivity contribution in [2.45, 2.75) is 204 Å². The van der Waals surface area contributed by atoms with E-state index in [2.05, 4.69) is 36.8 Å². The van der Waals surface area contributed by atoms with Crippen LogP contribution in [0, 0.1) is 23.7 Å². The summed E-state index contributed by atoms with van der Waals surface area (Å²) < 4.78 is 11.5. The number of rotatable bonds is 33. The maximum atomic E-state index is 15.0. The van der Waals surface area contributed by atoms with Gasteiger partial charge in [-0.2, -0.15) is 0 Å². The van der Waals surface area contributed by atoms with Gasteiger partial charge in [0.1, 0.15) is 90.7 Å². The number of carbonyl (C=O) groups is 15. The van der Waals surface area contributed by atoms with Gasteiger partial charge in [0.2, 0.25) is 82.7 Å². The molecule has 0 bridgehead atoms. The van der Waals surface area contributed by atoms with Gasteiger partial charge in [-0.25, -0.2) is 14.6 Å². The molecule has 1 fully saturated rings. The number of phenols is 1. The lowest BCUT2D eigenvalue weighted by atomic mass is 9.95. The third-order valence-electron chi connectivity index (χ3n) is 16.5. The van der Waals surface area contributed by atoms with Crippen LogP contribution < -0.4 is 70.8 Å². The van der Waals surface area contributed by atoms with Crippen molar-refractivity contribution in [3.05, 3.63) is 42.0 Å². The van der Waals surface area contributed by atoms with Crippen LogP contribution in [-0.2, 0) is 91.2 Å². The number of hydrogen-bond donors (Lipinski definition) is 18.